The summed E-state index contributed by atoms with van der Waals surface area (Å²) in [5, 5.41) is 12.4. The van der Waals surface area contributed by atoms with Crippen LogP contribution in [0, 0.1) is 18.3 Å². The minimum Gasteiger partial charge on any atom is -0.308 e. The quantitative estimate of drug-likeness (QED) is 0.736. The van der Waals surface area contributed by atoms with Crippen molar-refractivity contribution in [3.63, 3.8) is 0 Å². The van der Waals surface area contributed by atoms with Crippen LogP contribution in [0.5, 0.6) is 0 Å². The molecule has 1 atom stereocenters. The predicted molar refractivity (Wildman–Crippen MR) is 86.9 cm³/mol. The summed E-state index contributed by atoms with van der Waals surface area (Å²) in [6, 6.07) is 6.51. The van der Waals surface area contributed by atoms with Crippen molar-refractivity contribution in [2.45, 2.75) is 12.8 Å². The molecule has 0 radical (unpaired) electrons. The molecular weight excluding hydrogens is 336 g/mol. The van der Waals surface area contributed by atoms with Crippen LogP contribution in [0.1, 0.15) is 27.2 Å². The highest BCUT2D eigenvalue weighted by molar-refractivity contribution is 7.09. The summed E-state index contributed by atoms with van der Waals surface area (Å²) >= 11 is 7.22. The van der Waals surface area contributed by atoms with Crippen molar-refractivity contribution in [1.29, 1.82) is 5.26 Å². The van der Waals surface area contributed by atoms with Crippen LogP contribution in [-0.2, 0) is 0 Å². The molecule has 0 saturated carbocycles. The van der Waals surface area contributed by atoms with Crippen molar-refractivity contribution < 1.29 is 4.79 Å². The third-order valence-corrected chi connectivity index (χ3v) is 4.23. The zero-order valence-corrected chi connectivity index (χ0v) is 13.4. The standard InChI is InChI=1S/C15H9ClN4O2S/c1-7-18-12(6-23-7)13(21)10(5-17)14-19-11-4-8(16)2-3-9(11)15(22)20-14/h2-4,6,10H,1H3,(H,19,20,22)/t10-/m1/s1. The molecule has 0 aliphatic rings. The number of hydrogen-bond donors (Lipinski definition) is 1. The van der Waals surface area contributed by atoms with E-state index in [4.69, 9.17) is 11.6 Å². The summed E-state index contributed by atoms with van der Waals surface area (Å²) in [5.74, 6) is -1.74. The summed E-state index contributed by atoms with van der Waals surface area (Å²) in [7, 11) is 0. The maximum atomic E-state index is 12.4. The Labute approximate surface area is 139 Å². The van der Waals surface area contributed by atoms with E-state index in [-0.39, 0.29) is 11.5 Å². The van der Waals surface area contributed by atoms with Crippen molar-refractivity contribution in [2.24, 2.45) is 0 Å². The fourth-order valence-corrected chi connectivity index (χ4v) is 2.90. The van der Waals surface area contributed by atoms with E-state index >= 15 is 0 Å². The van der Waals surface area contributed by atoms with Crippen LogP contribution in [0.4, 0.5) is 0 Å². The molecule has 0 aliphatic heterocycles. The SMILES string of the molecule is Cc1nc(C(=O)[C@@H](C#N)c2nc3cc(Cl)ccc3c(=O)[nH]2)cs1. The number of carbonyl (C=O) groups excluding carboxylic acids is 1. The number of H-pyrrole nitrogens is 1. The van der Waals surface area contributed by atoms with E-state index in [9.17, 15) is 14.9 Å². The number of fused-ring (bicyclic) bond motifs is 1. The number of aryl methyl sites for hydroxylation is 1. The molecule has 0 unspecified atom stereocenters. The van der Waals surface area contributed by atoms with E-state index in [1.54, 1.807) is 24.4 Å². The number of hydrogen-bond acceptors (Lipinski definition) is 6. The molecule has 114 valence electrons. The average molecular weight is 345 g/mol. The Morgan fingerprint density at radius 1 is 1.43 bits per heavy atom. The minimum absolute atomic E-state index is 0.0112. The monoisotopic (exact) mass is 344 g/mol. The number of carbonyl (C=O) groups is 1. The molecular formula is C15H9ClN4O2S. The van der Waals surface area contributed by atoms with Gasteiger partial charge >= 0.3 is 0 Å². The van der Waals surface area contributed by atoms with Gasteiger partial charge in [0.25, 0.3) is 5.56 Å². The first-order valence-electron chi connectivity index (χ1n) is 6.55. The number of nitrogens with one attached hydrogen (secondary N) is 1. The Balaban J connectivity index is 2.12. The maximum Gasteiger partial charge on any atom is 0.258 e. The molecule has 0 amide bonds. The first-order chi connectivity index (χ1) is 11.0. The van der Waals surface area contributed by atoms with Gasteiger partial charge in [0.1, 0.15) is 11.5 Å². The first-order valence-corrected chi connectivity index (χ1v) is 7.81. The van der Waals surface area contributed by atoms with E-state index < -0.39 is 17.3 Å². The zero-order valence-electron chi connectivity index (χ0n) is 11.8. The topological polar surface area (TPSA) is 99.5 Å². The van der Waals surface area contributed by atoms with Crippen LogP contribution in [0.25, 0.3) is 10.9 Å². The van der Waals surface area contributed by atoms with Gasteiger partial charge in [-0.1, -0.05) is 11.6 Å². The normalized spacial score (nSPS) is 12.0. The van der Waals surface area contributed by atoms with Gasteiger partial charge in [-0.3, -0.25) is 9.59 Å². The number of nitrogens with zero attached hydrogens (tertiary/aromatic N) is 3. The molecule has 3 rings (SSSR count). The van der Waals surface area contributed by atoms with Gasteiger partial charge in [-0.15, -0.1) is 11.3 Å². The summed E-state index contributed by atoms with van der Waals surface area (Å²) in [4.78, 5) is 35.4. The number of ketones is 1. The number of aromatic amines is 1. The lowest BCUT2D eigenvalue weighted by Gasteiger charge is -2.07. The molecule has 6 nitrogen and oxygen atoms in total. The Hall–Kier alpha value is -2.56. The third-order valence-electron chi connectivity index (χ3n) is 3.22. The minimum atomic E-state index is -1.23. The van der Waals surface area contributed by atoms with Gasteiger partial charge in [0.2, 0.25) is 5.78 Å². The lowest BCUT2D eigenvalue weighted by Crippen LogP contribution is -2.20. The van der Waals surface area contributed by atoms with Gasteiger partial charge in [0.05, 0.1) is 22.0 Å². The van der Waals surface area contributed by atoms with Crippen molar-refractivity contribution in [3.8, 4) is 6.07 Å². The second-order valence-electron chi connectivity index (χ2n) is 4.79. The highest BCUT2D eigenvalue weighted by atomic mass is 35.5. The van der Waals surface area contributed by atoms with Crippen LogP contribution in [0.2, 0.25) is 5.02 Å². The molecule has 2 heterocycles. The molecule has 2 aromatic heterocycles. The molecule has 1 aromatic carbocycles. The number of aromatic nitrogens is 3. The highest BCUT2D eigenvalue weighted by Crippen LogP contribution is 2.21. The molecule has 3 aromatic rings. The summed E-state index contributed by atoms with van der Waals surface area (Å²) in [6.07, 6.45) is 0. The van der Waals surface area contributed by atoms with E-state index in [0.29, 0.717) is 15.9 Å². The van der Waals surface area contributed by atoms with Crippen LogP contribution in [-0.4, -0.2) is 20.7 Å². The number of nitriles is 1. The first kappa shape index (κ1) is 15.3. The number of thiazole rings is 1. The lowest BCUT2D eigenvalue weighted by atomic mass is 10.0. The van der Waals surface area contributed by atoms with Crippen LogP contribution in [0.3, 0.4) is 0 Å². The molecule has 1 N–H and O–H groups in total. The van der Waals surface area contributed by atoms with Crippen molar-refractivity contribution in [1.82, 2.24) is 15.0 Å². The van der Waals surface area contributed by atoms with Gasteiger partial charge in [-0.05, 0) is 25.1 Å². The highest BCUT2D eigenvalue weighted by Gasteiger charge is 2.26. The predicted octanol–water partition coefficient (Wildman–Crippen LogP) is 2.83. The van der Waals surface area contributed by atoms with Crippen molar-refractivity contribution in [2.75, 3.05) is 0 Å². The molecule has 0 fully saturated rings. The molecule has 0 bridgehead atoms. The maximum absolute atomic E-state index is 12.4. The average Bonchev–Trinajstić information content (AvgIpc) is 2.94. The Bertz CT molecular complexity index is 1020. The number of halogens is 1. The lowest BCUT2D eigenvalue weighted by molar-refractivity contribution is 0.0972. The number of Topliss-reactive ketones (excluding diaryl/α,β-unsaturated/α-hetero) is 1. The molecule has 0 saturated heterocycles. The van der Waals surface area contributed by atoms with Gasteiger partial charge < -0.3 is 4.98 Å². The van der Waals surface area contributed by atoms with Gasteiger partial charge in [0, 0.05) is 10.4 Å². The fourth-order valence-electron chi connectivity index (χ4n) is 2.14. The zero-order chi connectivity index (χ0) is 16.6. The molecule has 8 heteroatoms. The van der Waals surface area contributed by atoms with Gasteiger partial charge in [-0.25, -0.2) is 9.97 Å². The largest absolute Gasteiger partial charge is 0.308 e. The van der Waals surface area contributed by atoms with E-state index in [1.165, 1.54) is 17.4 Å². The second kappa shape index (κ2) is 5.91. The van der Waals surface area contributed by atoms with E-state index in [1.807, 2.05) is 6.07 Å². The van der Waals surface area contributed by atoms with Gasteiger partial charge in [-0.2, -0.15) is 5.26 Å². The third kappa shape index (κ3) is 2.86. The fraction of sp³-hybridized carbons (Fsp3) is 0.133. The van der Waals surface area contributed by atoms with Crippen LogP contribution < -0.4 is 5.56 Å². The Morgan fingerprint density at radius 3 is 2.87 bits per heavy atom. The van der Waals surface area contributed by atoms with Gasteiger partial charge in [0.15, 0.2) is 5.92 Å². The van der Waals surface area contributed by atoms with E-state index in [2.05, 4.69) is 15.0 Å². The number of rotatable bonds is 3. The second-order valence-corrected chi connectivity index (χ2v) is 6.29. The smallest absolute Gasteiger partial charge is 0.258 e. The van der Waals surface area contributed by atoms with Crippen LogP contribution >= 0.6 is 22.9 Å². The molecule has 0 aliphatic carbocycles. The number of benzene rings is 1. The van der Waals surface area contributed by atoms with Crippen LogP contribution in [0.15, 0.2) is 28.4 Å². The van der Waals surface area contributed by atoms with E-state index in [0.717, 1.165) is 5.01 Å². The van der Waals surface area contributed by atoms with Crippen molar-refractivity contribution in [3.05, 3.63) is 55.5 Å². The molecule has 23 heavy (non-hydrogen) atoms. The van der Waals surface area contributed by atoms with Crippen molar-refractivity contribution >= 4 is 39.6 Å². The summed E-state index contributed by atoms with van der Waals surface area (Å²) in [6.45, 7) is 1.76. The summed E-state index contributed by atoms with van der Waals surface area (Å²) in [5.41, 5.74) is 0.0934. The Kier molecular flexibility index (Phi) is 3.94. The summed E-state index contributed by atoms with van der Waals surface area (Å²) < 4.78 is 0. The molecule has 0 spiro atoms. The Morgan fingerprint density at radius 2 is 2.22 bits per heavy atom.